The van der Waals surface area contributed by atoms with Crippen molar-refractivity contribution in [1.29, 1.82) is 0 Å². The van der Waals surface area contributed by atoms with E-state index in [0.717, 1.165) is 27.7 Å². The number of likely N-dealkylation sites (N-methyl/N-ethyl adjacent to an activating group) is 2. The Hall–Kier alpha value is -2.12. The van der Waals surface area contributed by atoms with Crippen LogP contribution in [0.4, 0.5) is 0 Å². The molecule has 0 atom stereocenters. The van der Waals surface area contributed by atoms with Crippen LogP contribution in [0.3, 0.4) is 0 Å². The molecule has 26 heavy (non-hydrogen) atoms. The van der Waals surface area contributed by atoms with E-state index >= 15 is 0 Å². The smallest absolute Gasteiger partial charge is 0.227 e. The Morgan fingerprint density at radius 1 is 1.12 bits per heavy atom. The highest BCUT2D eigenvalue weighted by atomic mass is 32.1. The summed E-state index contributed by atoms with van der Waals surface area (Å²) in [5.41, 5.74) is 1.76. The zero-order valence-electron chi connectivity index (χ0n) is 16.3. The fourth-order valence-electron chi connectivity index (χ4n) is 2.55. The van der Waals surface area contributed by atoms with E-state index in [1.165, 1.54) is 0 Å². The number of ether oxygens (including phenoxy) is 2. The molecule has 1 aromatic heterocycles. The average molecular weight is 378 g/mol. The molecule has 0 fully saturated rings. The van der Waals surface area contributed by atoms with Gasteiger partial charge in [-0.1, -0.05) is 0 Å². The molecule has 0 saturated carbocycles. The fourth-order valence-corrected chi connectivity index (χ4v) is 3.49. The maximum absolute atomic E-state index is 12.6. The number of carbonyl (C=O) groups excluding carboxylic acids is 1. The van der Waals surface area contributed by atoms with E-state index in [0.29, 0.717) is 24.5 Å². The minimum atomic E-state index is 0.0947. The van der Waals surface area contributed by atoms with Crippen LogP contribution in [0.5, 0.6) is 11.5 Å². The van der Waals surface area contributed by atoms with Gasteiger partial charge in [0.15, 0.2) is 11.5 Å². The van der Waals surface area contributed by atoms with E-state index in [-0.39, 0.29) is 5.91 Å². The number of nitrogens with zero attached hydrogens (tertiary/aromatic N) is 3. The maximum atomic E-state index is 12.6. The van der Waals surface area contributed by atoms with Crippen molar-refractivity contribution in [2.45, 2.75) is 13.3 Å². The number of carbonyl (C=O) groups is 1. The summed E-state index contributed by atoms with van der Waals surface area (Å²) < 4.78 is 10.7. The highest BCUT2D eigenvalue weighted by molar-refractivity contribution is 7.12. The number of benzene rings is 1. The molecule has 1 aromatic carbocycles. The molecule has 0 aliphatic carbocycles. The minimum absolute atomic E-state index is 0.0947. The summed E-state index contributed by atoms with van der Waals surface area (Å²) in [5, 5.41) is 0.938. The largest absolute Gasteiger partial charge is 0.493 e. The molecule has 0 saturated heterocycles. The molecule has 0 aliphatic heterocycles. The number of hydrogen-bond acceptors (Lipinski definition) is 6. The molecule has 0 bridgehead atoms. The number of hydrogen-bond donors (Lipinski definition) is 0. The number of aromatic nitrogens is 1. The maximum Gasteiger partial charge on any atom is 0.227 e. The zero-order chi connectivity index (χ0) is 19.3. The Kier molecular flexibility index (Phi) is 6.99. The molecule has 2 rings (SSSR count). The van der Waals surface area contributed by atoms with Gasteiger partial charge in [0.2, 0.25) is 5.91 Å². The summed E-state index contributed by atoms with van der Waals surface area (Å²) in [6.45, 7) is 3.50. The van der Waals surface area contributed by atoms with Crippen molar-refractivity contribution >= 4 is 17.2 Å². The number of thiazole rings is 1. The fraction of sp³-hybridized carbons (Fsp3) is 0.474. The standard InChI is InChI=1S/C19H27N3O3S/c1-13-20-19(14-7-8-15(24-5)16(11-14)25-6)17(26-13)12-18(23)22(4)10-9-21(2)3/h7-8,11H,9-10,12H2,1-6H3. The molecule has 142 valence electrons. The van der Waals surface area contributed by atoms with Gasteiger partial charge in [-0.25, -0.2) is 4.98 Å². The molecule has 1 heterocycles. The van der Waals surface area contributed by atoms with E-state index in [4.69, 9.17) is 9.47 Å². The summed E-state index contributed by atoms with van der Waals surface area (Å²) in [4.78, 5) is 22.0. The van der Waals surface area contributed by atoms with Crippen LogP contribution in [0.2, 0.25) is 0 Å². The van der Waals surface area contributed by atoms with Gasteiger partial charge in [-0.3, -0.25) is 4.79 Å². The van der Waals surface area contributed by atoms with Crippen molar-refractivity contribution in [3.63, 3.8) is 0 Å². The second-order valence-electron chi connectivity index (χ2n) is 6.37. The third-order valence-electron chi connectivity index (χ3n) is 4.08. The first-order valence-corrected chi connectivity index (χ1v) is 9.24. The van der Waals surface area contributed by atoms with Crippen molar-refractivity contribution in [2.24, 2.45) is 0 Å². The lowest BCUT2D eigenvalue weighted by atomic mass is 10.1. The third kappa shape index (κ3) is 4.95. The molecule has 0 spiro atoms. The van der Waals surface area contributed by atoms with E-state index in [9.17, 15) is 4.79 Å². The summed E-state index contributed by atoms with van der Waals surface area (Å²) in [7, 11) is 9.06. The van der Waals surface area contributed by atoms with Gasteiger partial charge in [0, 0.05) is 30.6 Å². The van der Waals surface area contributed by atoms with Gasteiger partial charge in [0.1, 0.15) is 0 Å². The molecular formula is C19H27N3O3S. The van der Waals surface area contributed by atoms with Crippen molar-refractivity contribution in [2.75, 3.05) is 48.5 Å². The van der Waals surface area contributed by atoms with E-state index < -0.39 is 0 Å². The summed E-state index contributed by atoms with van der Waals surface area (Å²) in [6.07, 6.45) is 0.346. The molecule has 2 aromatic rings. The Balaban J connectivity index is 2.24. The Labute approximate surface area is 159 Å². The summed E-state index contributed by atoms with van der Waals surface area (Å²) >= 11 is 1.56. The molecule has 0 radical (unpaired) electrons. The van der Waals surface area contributed by atoms with E-state index in [2.05, 4.69) is 9.88 Å². The lowest BCUT2D eigenvalue weighted by molar-refractivity contribution is -0.129. The molecule has 0 unspecified atom stereocenters. The van der Waals surface area contributed by atoms with Crippen molar-refractivity contribution < 1.29 is 14.3 Å². The second-order valence-corrected chi connectivity index (χ2v) is 7.66. The number of methoxy groups -OCH3 is 2. The van der Waals surface area contributed by atoms with E-state index in [1.807, 2.05) is 46.3 Å². The summed E-state index contributed by atoms with van der Waals surface area (Å²) in [5.74, 6) is 1.41. The van der Waals surface area contributed by atoms with Gasteiger partial charge < -0.3 is 19.3 Å². The monoisotopic (exact) mass is 377 g/mol. The van der Waals surface area contributed by atoms with Gasteiger partial charge >= 0.3 is 0 Å². The van der Waals surface area contributed by atoms with Crippen LogP contribution < -0.4 is 9.47 Å². The van der Waals surface area contributed by atoms with Crippen molar-refractivity contribution in [1.82, 2.24) is 14.8 Å². The molecule has 7 heteroatoms. The lowest BCUT2D eigenvalue weighted by Gasteiger charge is -2.19. The first kappa shape index (κ1) is 20.2. The van der Waals surface area contributed by atoms with E-state index in [1.54, 1.807) is 30.5 Å². The predicted molar refractivity (Wildman–Crippen MR) is 105 cm³/mol. The number of aryl methyl sites for hydroxylation is 1. The topological polar surface area (TPSA) is 54.9 Å². The molecule has 1 amide bonds. The highest BCUT2D eigenvalue weighted by Crippen LogP contribution is 2.35. The quantitative estimate of drug-likeness (QED) is 0.708. The zero-order valence-corrected chi connectivity index (χ0v) is 17.1. The van der Waals surface area contributed by atoms with Crippen molar-refractivity contribution in [3.8, 4) is 22.8 Å². The first-order valence-electron chi connectivity index (χ1n) is 8.43. The average Bonchev–Trinajstić information content (AvgIpc) is 2.98. The van der Waals surface area contributed by atoms with Crippen LogP contribution >= 0.6 is 11.3 Å². The molecule has 0 N–H and O–H groups in total. The second kappa shape index (κ2) is 9.00. The van der Waals surface area contributed by atoms with Crippen LogP contribution in [0, 0.1) is 6.92 Å². The lowest BCUT2D eigenvalue weighted by Crippen LogP contribution is -2.34. The molecule has 0 aliphatic rings. The van der Waals surface area contributed by atoms with Crippen LogP contribution in [-0.2, 0) is 11.2 Å². The third-order valence-corrected chi connectivity index (χ3v) is 5.05. The Bertz CT molecular complexity index is 758. The van der Waals surface area contributed by atoms with Crippen LogP contribution in [0.25, 0.3) is 11.3 Å². The SMILES string of the molecule is COc1ccc(-c2nc(C)sc2CC(=O)N(C)CCN(C)C)cc1OC. The summed E-state index contributed by atoms with van der Waals surface area (Å²) in [6, 6.07) is 5.70. The normalized spacial score (nSPS) is 10.9. The van der Waals surface area contributed by atoms with Crippen LogP contribution in [0.1, 0.15) is 9.88 Å². The van der Waals surface area contributed by atoms with Gasteiger partial charge in [0.25, 0.3) is 0 Å². The van der Waals surface area contributed by atoms with Gasteiger partial charge in [0.05, 0.1) is 31.3 Å². The number of amides is 1. The Morgan fingerprint density at radius 3 is 2.42 bits per heavy atom. The van der Waals surface area contributed by atoms with Gasteiger partial charge in [-0.2, -0.15) is 0 Å². The molecule has 6 nitrogen and oxygen atoms in total. The first-order chi connectivity index (χ1) is 12.3. The molecular weight excluding hydrogens is 350 g/mol. The van der Waals surface area contributed by atoms with Crippen molar-refractivity contribution in [3.05, 3.63) is 28.1 Å². The van der Waals surface area contributed by atoms with Gasteiger partial charge in [-0.15, -0.1) is 11.3 Å². The predicted octanol–water partition coefficient (Wildman–Crippen LogP) is 2.70. The number of rotatable bonds is 8. The Morgan fingerprint density at radius 2 is 1.81 bits per heavy atom. The minimum Gasteiger partial charge on any atom is -0.493 e. The van der Waals surface area contributed by atoms with Gasteiger partial charge in [-0.05, 0) is 39.2 Å². The van der Waals surface area contributed by atoms with Crippen LogP contribution in [-0.4, -0.2) is 69.1 Å². The van der Waals surface area contributed by atoms with Crippen LogP contribution in [0.15, 0.2) is 18.2 Å². The highest BCUT2D eigenvalue weighted by Gasteiger charge is 2.18.